The fourth-order valence-corrected chi connectivity index (χ4v) is 3.82. The molecule has 0 aliphatic heterocycles. The molecule has 178 valence electrons. The van der Waals surface area contributed by atoms with Crippen LogP contribution in [-0.2, 0) is 25.7 Å². The predicted molar refractivity (Wildman–Crippen MR) is 130 cm³/mol. The Labute approximate surface area is 199 Å². The zero-order valence-corrected chi connectivity index (χ0v) is 19.0. The number of aromatic carboxylic acids is 2. The van der Waals surface area contributed by atoms with Crippen molar-refractivity contribution >= 4 is 11.9 Å². The van der Waals surface area contributed by atoms with Gasteiger partial charge in [0.15, 0.2) is 0 Å². The van der Waals surface area contributed by atoms with Crippen LogP contribution in [0.15, 0.2) is 60.7 Å². The third kappa shape index (κ3) is 7.42. The molecular weight excluding hydrogens is 432 g/mol. The number of pyridine rings is 1. The van der Waals surface area contributed by atoms with E-state index in [2.05, 4.69) is 10.3 Å². The Morgan fingerprint density at radius 1 is 0.824 bits per heavy atom. The highest BCUT2D eigenvalue weighted by atomic mass is 16.4. The molecule has 0 unspecified atom stereocenters. The summed E-state index contributed by atoms with van der Waals surface area (Å²) in [5.74, 6) is -1.50. The van der Waals surface area contributed by atoms with Gasteiger partial charge in [-0.3, -0.25) is 0 Å². The molecule has 4 N–H and O–H groups in total. The molecule has 1 aromatic heterocycles. The summed E-state index contributed by atoms with van der Waals surface area (Å²) in [4.78, 5) is 25.5. The van der Waals surface area contributed by atoms with E-state index >= 15 is 0 Å². The van der Waals surface area contributed by atoms with Gasteiger partial charge in [-0.2, -0.15) is 0 Å². The molecule has 1 heterocycles. The van der Waals surface area contributed by atoms with E-state index in [4.69, 9.17) is 10.2 Å². The highest BCUT2D eigenvalue weighted by Gasteiger charge is 2.13. The number of hydrogen-bond donors (Lipinski definition) is 4. The van der Waals surface area contributed by atoms with Crippen molar-refractivity contribution < 1.29 is 24.9 Å². The number of benzene rings is 2. The Morgan fingerprint density at radius 3 is 2.24 bits per heavy atom. The van der Waals surface area contributed by atoms with Crippen LogP contribution < -0.4 is 5.32 Å². The van der Waals surface area contributed by atoms with Crippen LogP contribution in [-0.4, -0.2) is 45.3 Å². The molecule has 0 saturated carbocycles. The van der Waals surface area contributed by atoms with Gasteiger partial charge in [0.1, 0.15) is 11.4 Å². The fourth-order valence-electron chi connectivity index (χ4n) is 3.82. The molecule has 1 aliphatic rings. The van der Waals surface area contributed by atoms with Gasteiger partial charge in [0, 0.05) is 5.69 Å². The van der Waals surface area contributed by atoms with Crippen molar-refractivity contribution in [1.29, 1.82) is 0 Å². The number of para-hydroxylation sites is 1. The molecule has 34 heavy (non-hydrogen) atoms. The minimum absolute atomic E-state index is 0.167. The van der Waals surface area contributed by atoms with Gasteiger partial charge in [0.2, 0.25) is 0 Å². The minimum atomic E-state index is -0.937. The second kappa shape index (κ2) is 12.5. The molecule has 0 spiro atoms. The lowest BCUT2D eigenvalue weighted by atomic mass is 9.96. The van der Waals surface area contributed by atoms with E-state index in [1.807, 2.05) is 36.4 Å². The lowest BCUT2D eigenvalue weighted by molar-refractivity contribution is 0.0682. The number of carboxylic acids is 2. The molecular formula is C27H30N2O5. The fraction of sp³-hybridized carbons (Fsp3) is 0.296. The number of rotatable bonds is 8. The van der Waals surface area contributed by atoms with E-state index < -0.39 is 11.9 Å². The van der Waals surface area contributed by atoms with Crippen molar-refractivity contribution in [1.82, 2.24) is 10.3 Å². The first-order valence-electron chi connectivity index (χ1n) is 11.5. The number of aromatic hydroxyl groups is 1. The number of aromatic nitrogens is 1. The summed E-state index contributed by atoms with van der Waals surface area (Å²) in [6.45, 7) is 1.62. The van der Waals surface area contributed by atoms with Crippen molar-refractivity contribution in [2.45, 2.75) is 38.5 Å². The smallest absolute Gasteiger partial charge is 0.354 e. The third-order valence-electron chi connectivity index (χ3n) is 5.75. The lowest BCUT2D eigenvalue weighted by Gasteiger charge is -2.14. The van der Waals surface area contributed by atoms with E-state index in [0.29, 0.717) is 11.3 Å². The van der Waals surface area contributed by atoms with Crippen LogP contribution in [0.1, 0.15) is 56.1 Å². The van der Waals surface area contributed by atoms with Crippen molar-refractivity contribution in [3.63, 3.8) is 0 Å². The first kappa shape index (κ1) is 24.9. The first-order valence-corrected chi connectivity index (χ1v) is 11.5. The quantitative estimate of drug-likeness (QED) is 0.372. The van der Waals surface area contributed by atoms with Crippen LogP contribution in [0.3, 0.4) is 0 Å². The zero-order valence-electron chi connectivity index (χ0n) is 19.0. The minimum Gasteiger partial charge on any atom is -0.508 e. The number of hydrogen-bond acceptors (Lipinski definition) is 5. The average Bonchev–Trinajstić information content (AvgIpc) is 2.85. The standard InChI is InChI=1S/C17H19NO3.C10H11NO2/c19-16-4-2-1-3-14(16)10-12-18-11-9-13-5-7-15(8-6-13)17(20)21;12-10(13)9-6-5-7-3-1-2-4-8(7)11-9/h1-8,18-19H,9-12H2,(H,20,21);5-6H,1-4H2,(H,12,13). The highest BCUT2D eigenvalue weighted by Crippen LogP contribution is 2.19. The average molecular weight is 463 g/mol. The second-order valence-electron chi connectivity index (χ2n) is 8.20. The summed E-state index contributed by atoms with van der Waals surface area (Å²) in [7, 11) is 0. The van der Waals surface area contributed by atoms with Crippen LogP contribution >= 0.6 is 0 Å². The van der Waals surface area contributed by atoms with Crippen molar-refractivity contribution in [2.75, 3.05) is 13.1 Å². The van der Waals surface area contributed by atoms with Crippen molar-refractivity contribution in [2.24, 2.45) is 0 Å². The maximum Gasteiger partial charge on any atom is 0.354 e. The number of fused-ring (bicyclic) bond motifs is 1. The molecule has 4 rings (SSSR count). The van der Waals surface area contributed by atoms with Gasteiger partial charge < -0.3 is 20.6 Å². The topological polar surface area (TPSA) is 120 Å². The molecule has 0 atom stereocenters. The van der Waals surface area contributed by atoms with Crippen LogP contribution in [0, 0.1) is 0 Å². The Morgan fingerprint density at radius 2 is 1.53 bits per heavy atom. The monoisotopic (exact) mass is 462 g/mol. The van der Waals surface area contributed by atoms with Crippen LogP contribution in [0.5, 0.6) is 5.75 Å². The molecule has 7 heteroatoms. The third-order valence-corrected chi connectivity index (χ3v) is 5.75. The van der Waals surface area contributed by atoms with E-state index in [1.165, 1.54) is 12.0 Å². The molecule has 1 aliphatic carbocycles. The van der Waals surface area contributed by atoms with E-state index in [9.17, 15) is 14.7 Å². The van der Waals surface area contributed by atoms with Gasteiger partial charge >= 0.3 is 11.9 Å². The maximum absolute atomic E-state index is 10.7. The number of aryl methyl sites for hydroxylation is 2. The molecule has 2 aromatic carbocycles. The number of carboxylic acid groups (broad SMARTS) is 2. The number of nitrogens with one attached hydrogen (secondary N) is 1. The SMILES string of the molecule is O=C(O)c1ccc(CCNCCc2ccccc2O)cc1.O=C(O)c1ccc2c(n1)CCCC2. The van der Waals surface area contributed by atoms with Gasteiger partial charge in [0.25, 0.3) is 0 Å². The molecule has 3 aromatic rings. The summed E-state index contributed by atoms with van der Waals surface area (Å²) >= 11 is 0. The molecule has 0 amide bonds. The Bertz CT molecular complexity index is 1110. The van der Waals surface area contributed by atoms with Crippen LogP contribution in [0.4, 0.5) is 0 Å². The highest BCUT2D eigenvalue weighted by molar-refractivity contribution is 5.87. The molecule has 7 nitrogen and oxygen atoms in total. The van der Waals surface area contributed by atoms with E-state index in [0.717, 1.165) is 62.0 Å². The molecule has 0 saturated heterocycles. The largest absolute Gasteiger partial charge is 0.508 e. The second-order valence-corrected chi connectivity index (χ2v) is 8.20. The van der Waals surface area contributed by atoms with Crippen LogP contribution in [0.25, 0.3) is 0 Å². The number of carbonyl (C=O) groups is 2. The van der Waals surface area contributed by atoms with Gasteiger partial charge in [-0.15, -0.1) is 0 Å². The number of phenolic OH excluding ortho intramolecular Hbond substituents is 1. The molecule has 0 fully saturated rings. The summed E-state index contributed by atoms with van der Waals surface area (Å²) in [5.41, 5.74) is 4.72. The van der Waals surface area contributed by atoms with E-state index in [1.54, 1.807) is 24.3 Å². The zero-order chi connectivity index (χ0) is 24.3. The van der Waals surface area contributed by atoms with Gasteiger partial charge in [0.05, 0.1) is 5.56 Å². The Hall–Kier alpha value is -3.71. The van der Waals surface area contributed by atoms with E-state index in [-0.39, 0.29) is 5.69 Å². The predicted octanol–water partition coefficient (Wildman–Crippen LogP) is 4.12. The maximum atomic E-state index is 10.7. The van der Waals surface area contributed by atoms with Gasteiger partial charge in [-0.25, -0.2) is 14.6 Å². The number of nitrogens with zero attached hydrogens (tertiary/aromatic N) is 1. The Kier molecular flexibility index (Phi) is 9.17. The summed E-state index contributed by atoms with van der Waals surface area (Å²) in [6, 6.07) is 17.8. The summed E-state index contributed by atoms with van der Waals surface area (Å²) in [6.07, 6.45) is 5.92. The van der Waals surface area contributed by atoms with Gasteiger partial charge in [-0.05, 0) is 92.6 Å². The number of phenols is 1. The molecule has 0 radical (unpaired) electrons. The van der Waals surface area contributed by atoms with Crippen molar-refractivity contribution in [3.8, 4) is 5.75 Å². The lowest BCUT2D eigenvalue weighted by Crippen LogP contribution is -2.20. The van der Waals surface area contributed by atoms with Gasteiger partial charge in [-0.1, -0.05) is 36.4 Å². The molecule has 0 bridgehead atoms. The normalized spacial score (nSPS) is 12.2. The summed E-state index contributed by atoms with van der Waals surface area (Å²) < 4.78 is 0. The summed E-state index contributed by atoms with van der Waals surface area (Å²) in [5, 5.41) is 30.5. The van der Waals surface area contributed by atoms with Crippen LogP contribution in [0.2, 0.25) is 0 Å². The van der Waals surface area contributed by atoms with Crippen molar-refractivity contribution in [3.05, 3.63) is 94.3 Å². The first-order chi connectivity index (χ1) is 16.4. The Balaban J connectivity index is 0.000000212.